The quantitative estimate of drug-likeness (QED) is 0.781. The van der Waals surface area contributed by atoms with Crippen molar-refractivity contribution in [2.45, 2.75) is 51.7 Å². The van der Waals surface area contributed by atoms with Gasteiger partial charge in [0.05, 0.1) is 19.8 Å². The van der Waals surface area contributed by atoms with Crippen LogP contribution in [0.2, 0.25) is 0 Å². The van der Waals surface area contributed by atoms with Crippen molar-refractivity contribution in [3.63, 3.8) is 0 Å². The third-order valence-corrected chi connectivity index (χ3v) is 7.86. The van der Waals surface area contributed by atoms with Crippen molar-refractivity contribution in [3.05, 3.63) is 29.6 Å². The fourth-order valence-electron chi connectivity index (χ4n) is 6.43. The number of fused-ring (bicyclic) bond motifs is 1. The molecule has 3 aliphatic rings. The van der Waals surface area contributed by atoms with Gasteiger partial charge in [0, 0.05) is 31.7 Å². The highest BCUT2D eigenvalue weighted by Crippen LogP contribution is 2.70. The summed E-state index contributed by atoms with van der Waals surface area (Å²) in [5.41, 5.74) is 0.520. The minimum atomic E-state index is -0.334. The fourth-order valence-corrected chi connectivity index (χ4v) is 6.43. The molecule has 1 amide bonds. The summed E-state index contributed by atoms with van der Waals surface area (Å²) >= 11 is 0. The summed E-state index contributed by atoms with van der Waals surface area (Å²) in [6, 6.07) is 5.33. The maximum Gasteiger partial charge on any atom is 0.222 e. The standard InChI is InChI=1S/C23H32FNO4/c1-22(2)14-12-16-20(15-6-5-7-17(28-4)19(15)24)29-11-9-23(16,13-14)21(22)25-18(26)8-10-27-3/h5-7,14,16,20-21H,8-13H2,1-4H3,(H,25,26)/t14-,16-,20-,21-,23-/m1/s1. The zero-order valence-electron chi connectivity index (χ0n) is 17.8. The number of halogens is 1. The number of carbonyl (C=O) groups excluding carboxylic acids is 1. The molecule has 3 fully saturated rings. The number of benzene rings is 1. The number of rotatable bonds is 6. The molecule has 1 aromatic rings. The molecule has 29 heavy (non-hydrogen) atoms. The predicted octanol–water partition coefficient (Wildman–Crippen LogP) is 3.87. The molecule has 2 bridgehead atoms. The van der Waals surface area contributed by atoms with E-state index in [9.17, 15) is 4.79 Å². The van der Waals surface area contributed by atoms with Crippen molar-refractivity contribution in [2.75, 3.05) is 27.4 Å². The normalized spacial score (nSPS) is 34.7. The van der Waals surface area contributed by atoms with Gasteiger partial charge < -0.3 is 19.5 Å². The van der Waals surface area contributed by atoms with Crippen LogP contribution in [-0.4, -0.2) is 39.4 Å². The number of methoxy groups -OCH3 is 2. The Bertz CT molecular complexity index is 782. The summed E-state index contributed by atoms with van der Waals surface area (Å²) in [5.74, 6) is 0.612. The van der Waals surface area contributed by atoms with E-state index in [0.717, 1.165) is 19.3 Å². The third-order valence-electron chi connectivity index (χ3n) is 7.86. The first-order chi connectivity index (χ1) is 13.8. The van der Waals surface area contributed by atoms with E-state index in [1.807, 2.05) is 12.1 Å². The van der Waals surface area contributed by atoms with Crippen molar-refractivity contribution in [1.82, 2.24) is 5.32 Å². The SMILES string of the molecule is COCCC(=O)N[C@@H]1C(C)(C)[C@@H]2C[C@@H]3[C@@H](c4cccc(OC)c4F)OCC[C@@]31C2. The summed E-state index contributed by atoms with van der Waals surface area (Å²) in [5, 5.41) is 3.34. The van der Waals surface area contributed by atoms with Gasteiger partial charge in [0.25, 0.3) is 0 Å². The highest BCUT2D eigenvalue weighted by Gasteiger charge is 2.68. The molecule has 1 aromatic carbocycles. The Kier molecular flexibility index (Phi) is 5.36. The number of amides is 1. The Labute approximate surface area is 172 Å². The van der Waals surface area contributed by atoms with Crippen LogP contribution in [0.15, 0.2) is 18.2 Å². The summed E-state index contributed by atoms with van der Waals surface area (Å²) in [6.45, 7) is 5.52. The number of ether oxygens (including phenoxy) is 3. The lowest BCUT2D eigenvalue weighted by Crippen LogP contribution is -2.59. The predicted molar refractivity (Wildman–Crippen MR) is 107 cm³/mol. The van der Waals surface area contributed by atoms with E-state index in [1.54, 1.807) is 13.2 Å². The maximum atomic E-state index is 15.1. The molecular formula is C23H32FNO4. The number of nitrogens with one attached hydrogen (secondary N) is 1. The van der Waals surface area contributed by atoms with Gasteiger partial charge in [-0.05, 0) is 48.0 Å². The van der Waals surface area contributed by atoms with Gasteiger partial charge in [-0.2, -0.15) is 0 Å². The molecule has 1 aliphatic heterocycles. The van der Waals surface area contributed by atoms with E-state index in [4.69, 9.17) is 14.2 Å². The molecule has 1 spiro atoms. The molecule has 4 rings (SSSR count). The second-order valence-corrected chi connectivity index (χ2v) is 9.45. The zero-order valence-corrected chi connectivity index (χ0v) is 17.8. The Hall–Kier alpha value is -1.66. The minimum absolute atomic E-state index is 0.00798. The maximum absolute atomic E-state index is 15.1. The molecule has 6 heteroatoms. The molecule has 0 radical (unpaired) electrons. The second-order valence-electron chi connectivity index (χ2n) is 9.45. The largest absolute Gasteiger partial charge is 0.494 e. The van der Waals surface area contributed by atoms with Crippen LogP contribution in [0, 0.1) is 28.5 Å². The monoisotopic (exact) mass is 405 g/mol. The van der Waals surface area contributed by atoms with Crippen molar-refractivity contribution in [3.8, 4) is 5.75 Å². The van der Waals surface area contributed by atoms with Gasteiger partial charge >= 0.3 is 0 Å². The van der Waals surface area contributed by atoms with Gasteiger partial charge in [-0.15, -0.1) is 0 Å². The van der Waals surface area contributed by atoms with Crippen LogP contribution in [0.4, 0.5) is 4.39 Å². The fraction of sp³-hybridized carbons (Fsp3) is 0.696. The van der Waals surface area contributed by atoms with E-state index in [-0.39, 0.29) is 46.4 Å². The smallest absolute Gasteiger partial charge is 0.222 e. The van der Waals surface area contributed by atoms with Gasteiger partial charge in [0.2, 0.25) is 5.91 Å². The molecule has 2 aliphatic carbocycles. The van der Waals surface area contributed by atoms with Crippen molar-refractivity contribution < 1.29 is 23.4 Å². The van der Waals surface area contributed by atoms with Gasteiger partial charge in [0.15, 0.2) is 11.6 Å². The summed E-state index contributed by atoms with van der Waals surface area (Å²) < 4.78 is 31.5. The van der Waals surface area contributed by atoms with Crippen molar-refractivity contribution >= 4 is 5.91 Å². The van der Waals surface area contributed by atoms with Crippen molar-refractivity contribution in [2.24, 2.45) is 22.7 Å². The summed E-state index contributed by atoms with van der Waals surface area (Å²) in [7, 11) is 3.09. The van der Waals surface area contributed by atoms with Gasteiger partial charge in [0.1, 0.15) is 0 Å². The van der Waals surface area contributed by atoms with Gasteiger partial charge in [-0.25, -0.2) is 4.39 Å². The first-order valence-electron chi connectivity index (χ1n) is 10.6. The molecule has 0 aromatic heterocycles. The number of hydrogen-bond donors (Lipinski definition) is 1. The van der Waals surface area contributed by atoms with Gasteiger partial charge in [-0.3, -0.25) is 4.79 Å². The average Bonchev–Trinajstić information content (AvgIpc) is 3.19. The van der Waals surface area contributed by atoms with Crippen molar-refractivity contribution in [1.29, 1.82) is 0 Å². The van der Waals surface area contributed by atoms with Crippen LogP contribution in [0.5, 0.6) is 5.75 Å². The number of hydrogen-bond acceptors (Lipinski definition) is 4. The van der Waals surface area contributed by atoms with Crippen LogP contribution in [0.3, 0.4) is 0 Å². The Balaban J connectivity index is 1.66. The van der Waals surface area contributed by atoms with Crippen LogP contribution in [-0.2, 0) is 14.3 Å². The Morgan fingerprint density at radius 3 is 2.86 bits per heavy atom. The second kappa shape index (κ2) is 7.55. The first kappa shape index (κ1) is 20.6. The van der Waals surface area contributed by atoms with E-state index in [1.165, 1.54) is 7.11 Å². The number of carbonyl (C=O) groups is 1. The highest BCUT2D eigenvalue weighted by atomic mass is 19.1. The Morgan fingerprint density at radius 2 is 2.14 bits per heavy atom. The molecular weight excluding hydrogens is 373 g/mol. The van der Waals surface area contributed by atoms with E-state index >= 15 is 4.39 Å². The van der Waals surface area contributed by atoms with Crippen LogP contribution >= 0.6 is 0 Å². The molecule has 1 heterocycles. The molecule has 5 nitrogen and oxygen atoms in total. The Morgan fingerprint density at radius 1 is 1.34 bits per heavy atom. The van der Waals surface area contributed by atoms with E-state index < -0.39 is 0 Å². The van der Waals surface area contributed by atoms with E-state index in [2.05, 4.69) is 19.2 Å². The van der Waals surface area contributed by atoms with E-state index in [0.29, 0.717) is 31.1 Å². The minimum Gasteiger partial charge on any atom is -0.494 e. The molecule has 2 saturated carbocycles. The summed E-state index contributed by atoms with van der Waals surface area (Å²) in [6.07, 6.45) is 3.01. The summed E-state index contributed by atoms with van der Waals surface area (Å²) in [4.78, 5) is 12.6. The molecule has 0 unspecified atom stereocenters. The highest BCUT2D eigenvalue weighted by molar-refractivity contribution is 5.76. The average molecular weight is 406 g/mol. The van der Waals surface area contributed by atoms with Crippen LogP contribution < -0.4 is 10.1 Å². The zero-order chi connectivity index (χ0) is 20.8. The molecule has 160 valence electrons. The van der Waals surface area contributed by atoms with Crippen LogP contribution in [0.1, 0.15) is 51.2 Å². The lowest BCUT2D eigenvalue weighted by Gasteiger charge is -2.53. The molecule has 1 saturated heterocycles. The molecule has 5 atom stereocenters. The molecule has 1 N–H and O–H groups in total. The van der Waals surface area contributed by atoms with Crippen LogP contribution in [0.25, 0.3) is 0 Å². The first-order valence-corrected chi connectivity index (χ1v) is 10.6. The topological polar surface area (TPSA) is 56.8 Å². The lowest BCUT2D eigenvalue weighted by molar-refractivity contribution is -0.138. The van der Waals surface area contributed by atoms with Gasteiger partial charge in [-0.1, -0.05) is 26.0 Å². The lowest BCUT2D eigenvalue weighted by atomic mass is 9.58. The third kappa shape index (κ3) is 3.15.